The fraction of sp³-hybridized carbons (Fsp3) is 0.800. The van der Waals surface area contributed by atoms with E-state index in [0.717, 1.165) is 4.20 Å². The van der Waals surface area contributed by atoms with Gasteiger partial charge < -0.3 is 10.8 Å². The SMILES string of the molecule is CSC(=S)C(N)CCO. The zero-order chi connectivity index (χ0) is 7.28. The maximum Gasteiger partial charge on any atom is 0.0644 e. The summed E-state index contributed by atoms with van der Waals surface area (Å²) in [6, 6.07) is -0.125. The smallest absolute Gasteiger partial charge is 0.0644 e. The molecule has 0 bridgehead atoms. The highest BCUT2D eigenvalue weighted by Crippen LogP contribution is 2.03. The van der Waals surface area contributed by atoms with Gasteiger partial charge in [-0.3, -0.25) is 0 Å². The average Bonchev–Trinajstić information content (AvgIpc) is 1.87. The molecule has 1 atom stereocenters. The second-order valence-electron chi connectivity index (χ2n) is 1.64. The van der Waals surface area contributed by atoms with E-state index >= 15 is 0 Å². The maximum atomic E-state index is 8.43. The van der Waals surface area contributed by atoms with Crippen molar-refractivity contribution in [3.05, 3.63) is 0 Å². The molecule has 0 aromatic carbocycles. The van der Waals surface area contributed by atoms with Crippen LogP contribution in [0.2, 0.25) is 0 Å². The summed E-state index contributed by atoms with van der Waals surface area (Å²) in [7, 11) is 0. The first kappa shape index (κ1) is 9.36. The molecule has 2 nitrogen and oxygen atoms in total. The van der Waals surface area contributed by atoms with Crippen molar-refractivity contribution in [2.75, 3.05) is 12.9 Å². The van der Waals surface area contributed by atoms with E-state index < -0.39 is 0 Å². The number of aliphatic hydroxyl groups excluding tert-OH is 1. The number of aliphatic hydroxyl groups is 1. The van der Waals surface area contributed by atoms with E-state index in [-0.39, 0.29) is 12.6 Å². The minimum absolute atomic E-state index is 0.113. The highest BCUT2D eigenvalue weighted by molar-refractivity contribution is 8.22. The molecule has 0 rings (SSSR count). The highest BCUT2D eigenvalue weighted by Gasteiger charge is 2.05. The molecule has 0 amide bonds. The Balaban J connectivity index is 3.45. The predicted molar refractivity (Wildman–Crippen MR) is 45.8 cm³/mol. The Hall–Kier alpha value is 0.360. The van der Waals surface area contributed by atoms with E-state index in [1.165, 1.54) is 11.8 Å². The molecular weight excluding hydrogens is 154 g/mol. The molecule has 0 heterocycles. The Labute approximate surface area is 64.8 Å². The predicted octanol–water partition coefficient (Wildman–Crippen LogP) is 0.387. The van der Waals surface area contributed by atoms with Crippen LogP contribution in [0, 0.1) is 0 Å². The second-order valence-corrected chi connectivity index (χ2v) is 3.19. The molecule has 0 aliphatic rings. The molecule has 0 radical (unpaired) electrons. The minimum Gasteiger partial charge on any atom is -0.396 e. The van der Waals surface area contributed by atoms with E-state index in [1.54, 1.807) is 0 Å². The Morgan fingerprint density at radius 2 is 2.44 bits per heavy atom. The van der Waals surface area contributed by atoms with E-state index in [1.807, 2.05) is 6.26 Å². The summed E-state index contributed by atoms with van der Waals surface area (Å²) in [5, 5.41) is 8.43. The fourth-order valence-electron chi connectivity index (χ4n) is 0.408. The first-order valence-electron chi connectivity index (χ1n) is 2.66. The molecule has 0 aliphatic carbocycles. The van der Waals surface area contributed by atoms with Crippen LogP contribution in [0.25, 0.3) is 0 Å². The van der Waals surface area contributed by atoms with Crippen molar-refractivity contribution in [1.29, 1.82) is 0 Å². The van der Waals surface area contributed by atoms with Gasteiger partial charge in [-0.25, -0.2) is 0 Å². The lowest BCUT2D eigenvalue weighted by Gasteiger charge is -2.07. The summed E-state index contributed by atoms with van der Waals surface area (Å²) < 4.78 is 0.768. The molecule has 0 fully saturated rings. The molecule has 0 saturated heterocycles. The summed E-state index contributed by atoms with van der Waals surface area (Å²) >= 11 is 6.34. The first-order valence-corrected chi connectivity index (χ1v) is 4.30. The van der Waals surface area contributed by atoms with Crippen LogP contribution in [0.5, 0.6) is 0 Å². The van der Waals surface area contributed by atoms with Crippen LogP contribution in [0.15, 0.2) is 0 Å². The van der Waals surface area contributed by atoms with Crippen molar-refractivity contribution in [3.8, 4) is 0 Å². The summed E-state index contributed by atoms with van der Waals surface area (Å²) in [5.74, 6) is 0. The van der Waals surface area contributed by atoms with Crippen LogP contribution in [0.4, 0.5) is 0 Å². The third-order valence-electron chi connectivity index (χ3n) is 0.944. The van der Waals surface area contributed by atoms with Gasteiger partial charge in [-0.05, 0) is 12.7 Å². The van der Waals surface area contributed by atoms with Gasteiger partial charge in [0.25, 0.3) is 0 Å². The van der Waals surface area contributed by atoms with Crippen molar-refractivity contribution >= 4 is 28.2 Å². The minimum atomic E-state index is -0.125. The molecule has 0 aromatic heterocycles. The van der Waals surface area contributed by atoms with Crippen LogP contribution in [0.3, 0.4) is 0 Å². The fourth-order valence-corrected chi connectivity index (χ4v) is 0.947. The molecule has 0 aliphatic heterocycles. The van der Waals surface area contributed by atoms with E-state index in [4.69, 9.17) is 23.1 Å². The Kier molecular flexibility index (Phi) is 5.38. The molecule has 0 saturated carbocycles. The number of hydrogen-bond acceptors (Lipinski definition) is 4. The van der Waals surface area contributed by atoms with Gasteiger partial charge in [0.05, 0.1) is 4.20 Å². The number of rotatable bonds is 3. The summed E-state index contributed by atoms with van der Waals surface area (Å²) in [5.41, 5.74) is 5.52. The largest absolute Gasteiger partial charge is 0.396 e. The molecule has 0 spiro atoms. The van der Waals surface area contributed by atoms with Gasteiger partial charge in [-0.15, -0.1) is 11.8 Å². The zero-order valence-corrected chi connectivity index (χ0v) is 6.97. The molecule has 4 heteroatoms. The van der Waals surface area contributed by atoms with Gasteiger partial charge in [0.2, 0.25) is 0 Å². The van der Waals surface area contributed by atoms with Crippen molar-refractivity contribution in [3.63, 3.8) is 0 Å². The average molecular weight is 165 g/mol. The van der Waals surface area contributed by atoms with E-state index in [9.17, 15) is 0 Å². The van der Waals surface area contributed by atoms with Crippen LogP contribution in [0.1, 0.15) is 6.42 Å². The summed E-state index contributed by atoms with van der Waals surface area (Å²) in [6.45, 7) is 0.113. The topological polar surface area (TPSA) is 46.2 Å². The van der Waals surface area contributed by atoms with E-state index in [0.29, 0.717) is 6.42 Å². The number of nitrogens with two attached hydrogens (primary N) is 1. The van der Waals surface area contributed by atoms with Gasteiger partial charge in [0, 0.05) is 12.6 Å². The standard InChI is InChI=1S/C5H11NOS2/c1-9-5(8)4(6)2-3-7/h4,7H,2-3,6H2,1H3. The molecule has 1 unspecified atom stereocenters. The van der Waals surface area contributed by atoms with Gasteiger partial charge in [0.15, 0.2) is 0 Å². The van der Waals surface area contributed by atoms with Crippen molar-refractivity contribution in [2.45, 2.75) is 12.5 Å². The molecule has 3 N–H and O–H groups in total. The van der Waals surface area contributed by atoms with Gasteiger partial charge in [-0.2, -0.15) is 0 Å². The number of thioether (sulfide) groups is 1. The second kappa shape index (κ2) is 5.17. The lowest BCUT2D eigenvalue weighted by Crippen LogP contribution is -2.27. The monoisotopic (exact) mass is 165 g/mol. The van der Waals surface area contributed by atoms with Crippen molar-refractivity contribution in [1.82, 2.24) is 0 Å². The van der Waals surface area contributed by atoms with Gasteiger partial charge in [-0.1, -0.05) is 12.2 Å². The molecule has 54 valence electrons. The third-order valence-corrected chi connectivity index (χ3v) is 2.45. The van der Waals surface area contributed by atoms with Crippen LogP contribution < -0.4 is 5.73 Å². The normalized spacial score (nSPS) is 13.2. The maximum absolute atomic E-state index is 8.43. The molecule has 9 heavy (non-hydrogen) atoms. The Bertz CT molecular complexity index is 97.0. The Morgan fingerprint density at radius 3 is 2.78 bits per heavy atom. The van der Waals surface area contributed by atoms with Gasteiger partial charge in [0.1, 0.15) is 0 Å². The Morgan fingerprint density at radius 1 is 1.89 bits per heavy atom. The lowest BCUT2D eigenvalue weighted by molar-refractivity contribution is 0.286. The van der Waals surface area contributed by atoms with Crippen LogP contribution in [-0.4, -0.2) is 28.2 Å². The number of thiocarbonyl (C=S) groups is 1. The summed E-state index contributed by atoms with van der Waals surface area (Å²) in [6.07, 6.45) is 2.46. The van der Waals surface area contributed by atoms with Crippen molar-refractivity contribution < 1.29 is 5.11 Å². The third kappa shape index (κ3) is 3.86. The van der Waals surface area contributed by atoms with Gasteiger partial charge >= 0.3 is 0 Å². The molecular formula is C5H11NOS2. The van der Waals surface area contributed by atoms with Crippen LogP contribution in [-0.2, 0) is 0 Å². The quantitative estimate of drug-likeness (QED) is 0.594. The first-order chi connectivity index (χ1) is 4.22. The lowest BCUT2D eigenvalue weighted by atomic mass is 10.3. The highest BCUT2D eigenvalue weighted by atomic mass is 32.2. The van der Waals surface area contributed by atoms with Crippen molar-refractivity contribution in [2.24, 2.45) is 5.73 Å². The zero-order valence-electron chi connectivity index (χ0n) is 5.33. The molecule has 0 aromatic rings. The van der Waals surface area contributed by atoms with E-state index in [2.05, 4.69) is 0 Å². The number of hydrogen-bond donors (Lipinski definition) is 2. The summed E-state index contributed by atoms with van der Waals surface area (Å²) in [4.78, 5) is 0. The van der Waals surface area contributed by atoms with Crippen LogP contribution >= 0.6 is 24.0 Å².